The van der Waals surface area contributed by atoms with Crippen LogP contribution in [0.3, 0.4) is 0 Å². The lowest BCUT2D eigenvalue weighted by Crippen LogP contribution is -2.47. The maximum absolute atomic E-state index is 12.3. The molecule has 2 saturated heterocycles. The molecule has 0 radical (unpaired) electrons. The van der Waals surface area contributed by atoms with Crippen LogP contribution < -0.4 is 5.32 Å². The van der Waals surface area contributed by atoms with Gasteiger partial charge in [0.05, 0.1) is 5.75 Å². The molecule has 128 valence electrons. The maximum atomic E-state index is 12.3. The van der Waals surface area contributed by atoms with Gasteiger partial charge >= 0.3 is 0 Å². The topological polar surface area (TPSA) is 65.0 Å². The standard InChI is InChI=1S/C14H28N4O2S2/c1-13-3-6-17(7-4-13)14(15-2)16-5-12-22(19,20)18-8-10-21-11-9-18/h13H,3-12H2,1-2H3,(H,15,16). The molecule has 0 atom stereocenters. The van der Waals surface area contributed by atoms with Crippen LogP contribution in [0.2, 0.25) is 0 Å². The Balaban J connectivity index is 1.78. The van der Waals surface area contributed by atoms with Gasteiger partial charge in [-0.25, -0.2) is 12.7 Å². The van der Waals surface area contributed by atoms with Crippen LogP contribution in [0.25, 0.3) is 0 Å². The molecule has 2 aliphatic heterocycles. The first kappa shape index (κ1) is 17.9. The number of aliphatic imine (C=N–C) groups is 1. The second-order valence-electron chi connectivity index (χ2n) is 5.97. The van der Waals surface area contributed by atoms with Crippen molar-refractivity contribution in [2.75, 3.05) is 57.0 Å². The van der Waals surface area contributed by atoms with Crippen LogP contribution >= 0.6 is 11.8 Å². The number of rotatable bonds is 4. The van der Waals surface area contributed by atoms with E-state index in [0.717, 1.165) is 36.5 Å². The lowest BCUT2D eigenvalue weighted by Gasteiger charge is -2.33. The molecule has 0 aromatic heterocycles. The summed E-state index contributed by atoms with van der Waals surface area (Å²) in [6.07, 6.45) is 2.34. The fourth-order valence-electron chi connectivity index (χ4n) is 2.80. The molecule has 8 heteroatoms. The summed E-state index contributed by atoms with van der Waals surface area (Å²) in [5, 5.41) is 3.21. The molecule has 1 N–H and O–H groups in total. The molecule has 22 heavy (non-hydrogen) atoms. The summed E-state index contributed by atoms with van der Waals surface area (Å²) in [5.74, 6) is 3.55. The van der Waals surface area contributed by atoms with Gasteiger partial charge in [0.1, 0.15) is 0 Å². The minimum atomic E-state index is -3.14. The Bertz CT molecular complexity index is 467. The summed E-state index contributed by atoms with van der Waals surface area (Å²) in [7, 11) is -1.38. The van der Waals surface area contributed by atoms with Crippen molar-refractivity contribution in [3.8, 4) is 0 Å². The van der Waals surface area contributed by atoms with Crippen LogP contribution in [-0.2, 0) is 10.0 Å². The van der Waals surface area contributed by atoms with E-state index in [0.29, 0.717) is 19.6 Å². The van der Waals surface area contributed by atoms with E-state index in [1.807, 2.05) is 11.8 Å². The fourth-order valence-corrected chi connectivity index (χ4v) is 5.29. The number of guanidine groups is 1. The van der Waals surface area contributed by atoms with Crippen molar-refractivity contribution in [2.45, 2.75) is 19.8 Å². The fraction of sp³-hybridized carbons (Fsp3) is 0.929. The van der Waals surface area contributed by atoms with Crippen molar-refractivity contribution in [1.82, 2.24) is 14.5 Å². The van der Waals surface area contributed by atoms with E-state index < -0.39 is 10.0 Å². The third-order valence-electron chi connectivity index (χ3n) is 4.30. The van der Waals surface area contributed by atoms with Gasteiger partial charge in [0.25, 0.3) is 0 Å². The Labute approximate surface area is 138 Å². The number of piperidine rings is 1. The van der Waals surface area contributed by atoms with Crippen LogP contribution in [0, 0.1) is 5.92 Å². The largest absolute Gasteiger partial charge is 0.355 e. The third-order valence-corrected chi connectivity index (χ3v) is 7.12. The molecule has 0 saturated carbocycles. The zero-order chi connectivity index (χ0) is 16.0. The van der Waals surface area contributed by atoms with Gasteiger partial charge in [-0.3, -0.25) is 4.99 Å². The number of nitrogens with zero attached hydrogens (tertiary/aromatic N) is 3. The highest BCUT2D eigenvalue weighted by molar-refractivity contribution is 7.99. The average Bonchev–Trinajstić information content (AvgIpc) is 2.53. The second-order valence-corrected chi connectivity index (χ2v) is 9.28. The highest BCUT2D eigenvalue weighted by Gasteiger charge is 2.24. The van der Waals surface area contributed by atoms with Crippen molar-refractivity contribution in [3.63, 3.8) is 0 Å². The Hall–Kier alpha value is -0.470. The Morgan fingerprint density at radius 1 is 1.23 bits per heavy atom. The number of hydrogen-bond acceptors (Lipinski definition) is 4. The molecular formula is C14H28N4O2S2. The van der Waals surface area contributed by atoms with E-state index in [2.05, 4.69) is 22.1 Å². The summed E-state index contributed by atoms with van der Waals surface area (Å²) in [6.45, 7) is 5.98. The van der Waals surface area contributed by atoms with E-state index in [-0.39, 0.29) is 5.75 Å². The minimum absolute atomic E-state index is 0.140. The van der Waals surface area contributed by atoms with Crippen LogP contribution in [0.4, 0.5) is 0 Å². The quantitative estimate of drug-likeness (QED) is 0.598. The van der Waals surface area contributed by atoms with E-state index in [1.54, 1.807) is 11.4 Å². The molecule has 0 amide bonds. The van der Waals surface area contributed by atoms with Gasteiger partial charge < -0.3 is 10.2 Å². The molecule has 2 fully saturated rings. The summed E-state index contributed by atoms with van der Waals surface area (Å²) in [4.78, 5) is 6.51. The van der Waals surface area contributed by atoms with Crippen LogP contribution in [0.15, 0.2) is 4.99 Å². The molecule has 0 unspecified atom stereocenters. The van der Waals surface area contributed by atoms with Crippen molar-refractivity contribution < 1.29 is 8.42 Å². The molecule has 0 bridgehead atoms. The second kappa shape index (κ2) is 8.40. The van der Waals surface area contributed by atoms with Gasteiger partial charge in [0.15, 0.2) is 5.96 Å². The summed E-state index contributed by atoms with van der Waals surface area (Å²) >= 11 is 1.82. The smallest absolute Gasteiger partial charge is 0.215 e. The molecule has 0 spiro atoms. The van der Waals surface area contributed by atoms with Crippen molar-refractivity contribution >= 4 is 27.7 Å². The first-order valence-corrected chi connectivity index (χ1v) is 10.8. The van der Waals surface area contributed by atoms with E-state index in [1.165, 1.54) is 12.8 Å². The van der Waals surface area contributed by atoms with Crippen LogP contribution in [-0.4, -0.2) is 80.6 Å². The van der Waals surface area contributed by atoms with Gasteiger partial charge in [-0.2, -0.15) is 11.8 Å². The van der Waals surface area contributed by atoms with Crippen LogP contribution in [0.5, 0.6) is 0 Å². The minimum Gasteiger partial charge on any atom is -0.355 e. The highest BCUT2D eigenvalue weighted by atomic mass is 32.2. The number of likely N-dealkylation sites (tertiary alicyclic amines) is 1. The monoisotopic (exact) mass is 348 g/mol. The van der Waals surface area contributed by atoms with Crippen molar-refractivity contribution in [2.24, 2.45) is 10.9 Å². The van der Waals surface area contributed by atoms with Gasteiger partial charge in [-0.1, -0.05) is 6.92 Å². The molecule has 0 aromatic carbocycles. The maximum Gasteiger partial charge on any atom is 0.215 e. The number of hydrogen-bond donors (Lipinski definition) is 1. The zero-order valence-electron chi connectivity index (χ0n) is 13.6. The van der Waals surface area contributed by atoms with Gasteiger partial charge in [-0.15, -0.1) is 0 Å². The molecule has 0 aliphatic carbocycles. The lowest BCUT2D eigenvalue weighted by molar-refractivity contribution is 0.274. The Kier molecular flexibility index (Phi) is 6.83. The molecule has 0 aromatic rings. The van der Waals surface area contributed by atoms with Crippen molar-refractivity contribution in [3.05, 3.63) is 0 Å². The van der Waals surface area contributed by atoms with Crippen molar-refractivity contribution in [1.29, 1.82) is 0 Å². The SMILES string of the molecule is CN=C(NCCS(=O)(=O)N1CCSCC1)N1CCC(C)CC1. The normalized spacial score (nSPS) is 22.8. The summed E-state index contributed by atoms with van der Waals surface area (Å²) in [6, 6.07) is 0. The lowest BCUT2D eigenvalue weighted by atomic mass is 10.00. The third kappa shape index (κ3) is 5.03. The predicted octanol–water partition coefficient (Wildman–Crippen LogP) is 0.672. The molecule has 2 rings (SSSR count). The highest BCUT2D eigenvalue weighted by Crippen LogP contribution is 2.16. The van der Waals surface area contributed by atoms with E-state index >= 15 is 0 Å². The number of nitrogens with one attached hydrogen (secondary N) is 1. The first-order valence-electron chi connectivity index (χ1n) is 8.04. The number of sulfonamides is 1. The molecule has 2 aliphatic rings. The molecule has 2 heterocycles. The van der Waals surface area contributed by atoms with Gasteiger partial charge in [-0.05, 0) is 18.8 Å². The molecular weight excluding hydrogens is 320 g/mol. The van der Waals surface area contributed by atoms with Crippen LogP contribution in [0.1, 0.15) is 19.8 Å². The Morgan fingerprint density at radius 2 is 1.86 bits per heavy atom. The first-order chi connectivity index (χ1) is 10.5. The van der Waals surface area contributed by atoms with Gasteiger partial charge in [0.2, 0.25) is 10.0 Å². The predicted molar refractivity (Wildman–Crippen MR) is 94.0 cm³/mol. The average molecular weight is 349 g/mol. The molecule has 6 nitrogen and oxygen atoms in total. The Morgan fingerprint density at radius 3 is 2.45 bits per heavy atom. The number of thioether (sulfide) groups is 1. The van der Waals surface area contributed by atoms with E-state index in [9.17, 15) is 8.42 Å². The summed E-state index contributed by atoms with van der Waals surface area (Å²) in [5.41, 5.74) is 0. The summed E-state index contributed by atoms with van der Waals surface area (Å²) < 4.78 is 26.2. The zero-order valence-corrected chi connectivity index (χ0v) is 15.3. The van der Waals surface area contributed by atoms with Gasteiger partial charge in [0, 0.05) is 51.3 Å². The van der Waals surface area contributed by atoms with E-state index in [4.69, 9.17) is 0 Å².